The molecule has 0 unspecified atom stereocenters. The Morgan fingerprint density at radius 3 is 2.32 bits per heavy atom. The highest BCUT2D eigenvalue weighted by molar-refractivity contribution is 5.71. The summed E-state index contributed by atoms with van der Waals surface area (Å²) in [4.78, 5) is 23.2. The van der Waals surface area contributed by atoms with Crippen molar-refractivity contribution in [3.8, 4) is 0 Å². The average molecular weight is 529 g/mol. The number of nitrogens with zero attached hydrogens (tertiary/aromatic N) is 6. The number of alkyl halides is 3. The summed E-state index contributed by atoms with van der Waals surface area (Å²) < 4.78 is 40.9. The molecule has 0 radical (unpaired) electrons. The number of halogens is 3. The third kappa shape index (κ3) is 3.28. The van der Waals surface area contributed by atoms with Crippen LogP contribution in [0.5, 0.6) is 0 Å². The first-order valence-corrected chi connectivity index (χ1v) is 13.7. The van der Waals surface area contributed by atoms with E-state index >= 15 is 0 Å². The molecule has 4 heterocycles. The van der Waals surface area contributed by atoms with Crippen LogP contribution >= 0.6 is 0 Å². The van der Waals surface area contributed by atoms with E-state index < -0.39 is 17.1 Å². The van der Waals surface area contributed by atoms with Gasteiger partial charge < -0.3 is 20.4 Å². The Labute approximate surface area is 220 Å². The van der Waals surface area contributed by atoms with E-state index in [0.717, 1.165) is 54.6 Å². The van der Waals surface area contributed by atoms with Gasteiger partial charge in [0.2, 0.25) is 5.95 Å². The van der Waals surface area contributed by atoms with Gasteiger partial charge in [-0.2, -0.15) is 23.1 Å². The predicted octanol–water partition coefficient (Wildman–Crippen LogP) is 4.53. The predicted molar refractivity (Wildman–Crippen MR) is 140 cm³/mol. The van der Waals surface area contributed by atoms with Gasteiger partial charge in [0.25, 0.3) is 0 Å². The molecule has 11 heteroatoms. The number of nitrogens with one attached hydrogen (secondary N) is 2. The minimum atomic E-state index is -4.13. The van der Waals surface area contributed by atoms with E-state index in [1.807, 2.05) is 20.0 Å². The number of rotatable bonds is 5. The molecule has 2 N–H and O–H groups in total. The van der Waals surface area contributed by atoms with Crippen molar-refractivity contribution in [3.63, 3.8) is 0 Å². The van der Waals surface area contributed by atoms with Gasteiger partial charge in [0.15, 0.2) is 0 Å². The third-order valence-corrected chi connectivity index (χ3v) is 10.0. The van der Waals surface area contributed by atoms with Crippen LogP contribution in [0.15, 0.2) is 12.4 Å². The fraction of sp³-hybridized carbons (Fsp3) is 0.704. The number of aromatic nitrogens is 4. The van der Waals surface area contributed by atoms with E-state index in [0.29, 0.717) is 24.3 Å². The Balaban J connectivity index is 1.15. The molecule has 4 saturated carbocycles. The molecule has 2 aromatic heterocycles. The number of hydrogen-bond acceptors (Lipinski definition) is 8. The molecule has 0 amide bonds. The zero-order valence-electron chi connectivity index (χ0n) is 22.4. The van der Waals surface area contributed by atoms with Gasteiger partial charge in [-0.15, -0.1) is 0 Å². The van der Waals surface area contributed by atoms with E-state index in [1.54, 1.807) is 6.33 Å². The highest BCUT2D eigenvalue weighted by Crippen LogP contribution is 2.76. The molecule has 5 fully saturated rings. The van der Waals surface area contributed by atoms with Crippen LogP contribution in [0.25, 0.3) is 0 Å². The summed E-state index contributed by atoms with van der Waals surface area (Å²) in [6, 6.07) is 2.29. The van der Waals surface area contributed by atoms with Gasteiger partial charge in [0.1, 0.15) is 23.8 Å². The summed E-state index contributed by atoms with van der Waals surface area (Å²) in [5, 5.41) is 6.95. The lowest BCUT2D eigenvalue weighted by molar-refractivity contribution is -0.332. The second-order valence-corrected chi connectivity index (χ2v) is 13.0. The zero-order chi connectivity index (χ0) is 26.7. The van der Waals surface area contributed by atoms with Gasteiger partial charge >= 0.3 is 6.18 Å². The van der Waals surface area contributed by atoms with Gasteiger partial charge in [0, 0.05) is 61.0 Å². The SMILES string of the molecule is CNc1nc(N[C@H]2[C@@H]3CC[C@H]2CN(c2cc(C)ncn2)C3)nc2c1C(C)(C)CN2C12CC(C(F)(F)F)(C1)C2. The number of anilines is 4. The van der Waals surface area contributed by atoms with Crippen molar-refractivity contribution >= 4 is 23.4 Å². The molecular weight excluding hydrogens is 493 g/mol. The van der Waals surface area contributed by atoms with Gasteiger partial charge in [-0.3, -0.25) is 0 Å². The maximum Gasteiger partial charge on any atom is 0.394 e. The lowest BCUT2D eigenvalue weighted by atomic mass is 9.38. The van der Waals surface area contributed by atoms with Gasteiger partial charge in [-0.25, -0.2) is 9.97 Å². The van der Waals surface area contributed by atoms with Gasteiger partial charge in [-0.1, -0.05) is 13.8 Å². The van der Waals surface area contributed by atoms with E-state index in [2.05, 4.69) is 44.2 Å². The van der Waals surface area contributed by atoms with Gasteiger partial charge in [-0.05, 0) is 50.9 Å². The first-order valence-electron chi connectivity index (χ1n) is 13.7. The Hall–Kier alpha value is -2.85. The first-order chi connectivity index (χ1) is 17.9. The van der Waals surface area contributed by atoms with Crippen LogP contribution in [0.1, 0.15) is 57.2 Å². The normalized spacial score (nSPS) is 34.4. The second-order valence-electron chi connectivity index (χ2n) is 13.0. The minimum absolute atomic E-state index is 0.172. The van der Waals surface area contributed by atoms with Crippen molar-refractivity contribution in [1.29, 1.82) is 0 Å². The molecule has 0 spiro atoms. The molecule has 0 aromatic carbocycles. The summed E-state index contributed by atoms with van der Waals surface area (Å²) in [5.41, 5.74) is -0.212. The maximum atomic E-state index is 13.6. The highest BCUT2D eigenvalue weighted by Gasteiger charge is 2.81. The Morgan fingerprint density at radius 1 is 1.03 bits per heavy atom. The number of piperidine rings is 1. The molecule has 1 saturated heterocycles. The van der Waals surface area contributed by atoms with Crippen LogP contribution in [0.3, 0.4) is 0 Å². The lowest BCUT2D eigenvalue weighted by Crippen LogP contribution is -2.79. The molecule has 3 atom stereocenters. The van der Waals surface area contributed by atoms with Crippen molar-refractivity contribution in [2.75, 3.05) is 47.1 Å². The molecule has 6 aliphatic rings. The quantitative estimate of drug-likeness (QED) is 0.586. The molecule has 204 valence electrons. The maximum absolute atomic E-state index is 13.6. The first kappa shape index (κ1) is 24.2. The average Bonchev–Trinajstić information content (AvgIpc) is 3.17. The number of aryl methyl sites for hydroxylation is 1. The number of fused-ring (bicyclic) bond motifs is 3. The van der Waals surface area contributed by atoms with Crippen LogP contribution in [0.4, 0.5) is 36.6 Å². The monoisotopic (exact) mass is 528 g/mol. The molecular formula is C27H35F3N8. The smallest absolute Gasteiger partial charge is 0.373 e. The van der Waals surface area contributed by atoms with E-state index in [9.17, 15) is 13.2 Å². The summed E-state index contributed by atoms with van der Waals surface area (Å²) in [7, 11) is 1.86. The summed E-state index contributed by atoms with van der Waals surface area (Å²) in [5.74, 6) is 4.00. The standard InChI is InChI=1S/C27H35F3N8/c1-15-7-18(33-14-32-15)37-8-16-5-6-17(9-37)20(16)34-23-35-21(31-4)19-22(36-23)38(13-24(19,2)3)26-10-25(11-26,12-26)27(28,29)30/h7,14,16-17,20H,5-6,8-13H2,1-4H3,(H2,31,34,35,36)/t16-,17+,20+,25?,26?. The van der Waals surface area contributed by atoms with Crippen molar-refractivity contribution < 1.29 is 13.2 Å². The van der Waals surface area contributed by atoms with E-state index in [-0.39, 0.29) is 30.7 Å². The molecule has 8 rings (SSSR count). The van der Waals surface area contributed by atoms with E-state index in [1.165, 1.54) is 0 Å². The molecule has 4 aliphatic carbocycles. The van der Waals surface area contributed by atoms with Crippen molar-refractivity contribution in [1.82, 2.24) is 19.9 Å². The largest absolute Gasteiger partial charge is 0.394 e. The number of hydrogen-bond donors (Lipinski definition) is 2. The summed E-state index contributed by atoms with van der Waals surface area (Å²) in [6.45, 7) is 8.74. The Morgan fingerprint density at radius 2 is 1.71 bits per heavy atom. The summed E-state index contributed by atoms with van der Waals surface area (Å²) >= 11 is 0. The van der Waals surface area contributed by atoms with Crippen LogP contribution in [-0.2, 0) is 5.41 Å². The Kier molecular flexibility index (Phi) is 4.86. The molecule has 8 nitrogen and oxygen atoms in total. The van der Waals surface area contributed by atoms with Crippen molar-refractivity contribution in [2.24, 2.45) is 17.3 Å². The molecule has 38 heavy (non-hydrogen) atoms. The molecule has 2 aliphatic heterocycles. The van der Waals surface area contributed by atoms with Crippen molar-refractivity contribution in [3.05, 3.63) is 23.7 Å². The minimum Gasteiger partial charge on any atom is -0.373 e. The van der Waals surface area contributed by atoms with E-state index in [4.69, 9.17) is 9.97 Å². The second kappa shape index (κ2) is 7.63. The third-order valence-electron chi connectivity index (χ3n) is 10.0. The Bertz CT molecular complexity index is 1260. The topological polar surface area (TPSA) is 82.1 Å². The van der Waals surface area contributed by atoms with Crippen LogP contribution in [0.2, 0.25) is 0 Å². The summed E-state index contributed by atoms with van der Waals surface area (Å²) in [6.07, 6.45) is 0.288. The van der Waals surface area contributed by atoms with Crippen LogP contribution in [-0.4, -0.2) is 64.4 Å². The molecule has 4 bridgehead atoms. The van der Waals surface area contributed by atoms with Crippen molar-refractivity contribution in [2.45, 2.75) is 76.0 Å². The van der Waals surface area contributed by atoms with Crippen LogP contribution in [0, 0.1) is 24.2 Å². The lowest BCUT2D eigenvalue weighted by Gasteiger charge is -2.73. The fourth-order valence-corrected chi connectivity index (χ4v) is 8.18. The highest BCUT2D eigenvalue weighted by atomic mass is 19.4. The molecule has 2 aromatic rings. The zero-order valence-corrected chi connectivity index (χ0v) is 22.4. The van der Waals surface area contributed by atoms with Gasteiger partial charge in [0.05, 0.1) is 5.41 Å². The fourth-order valence-electron chi connectivity index (χ4n) is 8.18. The van der Waals surface area contributed by atoms with Crippen LogP contribution < -0.4 is 20.4 Å².